The molecule has 220 valence electrons. The number of phenolic OH excluding ortho intramolecular Hbond substituents is 2. The highest BCUT2D eigenvalue weighted by Gasteiger charge is 2.29. The van der Waals surface area contributed by atoms with E-state index in [0.717, 1.165) is 23.8 Å². The lowest BCUT2D eigenvalue weighted by molar-refractivity contribution is 0.0332. The molecule has 42 heavy (non-hydrogen) atoms. The summed E-state index contributed by atoms with van der Waals surface area (Å²) in [6, 6.07) is 12.6. The zero-order chi connectivity index (χ0) is 30.0. The van der Waals surface area contributed by atoms with Gasteiger partial charge in [0, 0.05) is 43.4 Å². The summed E-state index contributed by atoms with van der Waals surface area (Å²) in [5, 5.41) is 28.2. The van der Waals surface area contributed by atoms with Gasteiger partial charge in [0.25, 0.3) is 5.91 Å². The number of morpholine rings is 1. The molecule has 1 amide bonds. The van der Waals surface area contributed by atoms with Crippen molar-refractivity contribution in [2.24, 2.45) is 0 Å². The van der Waals surface area contributed by atoms with E-state index in [1.807, 2.05) is 29.2 Å². The standard InChI is InChI=1S/C32H33F2N3O5/c1-4-35-32(40)30-29(21-13-25(33)24(26(34)14-21)17-37-8-10-41-11-9-37)31(42-36-30)23-15-22(27(38)16-28(23)39)20-7-5-6-19(12-20)18(2)3/h5-7,12-16,18,38-39H,4,8-11,17H2,1-3H3,(H,35,40). The number of carbonyl (C=O) groups is 1. The highest BCUT2D eigenvalue weighted by Crippen LogP contribution is 2.45. The van der Waals surface area contributed by atoms with Crippen LogP contribution in [0.25, 0.3) is 33.6 Å². The predicted molar refractivity (Wildman–Crippen MR) is 154 cm³/mol. The van der Waals surface area contributed by atoms with Crippen LogP contribution in [-0.2, 0) is 11.3 Å². The first-order valence-corrected chi connectivity index (χ1v) is 13.9. The average Bonchev–Trinajstić information content (AvgIpc) is 3.41. The number of nitrogens with zero attached hydrogens (tertiary/aromatic N) is 2. The minimum absolute atomic E-state index is 0.0135. The first kappa shape index (κ1) is 29.2. The van der Waals surface area contributed by atoms with E-state index in [4.69, 9.17) is 9.26 Å². The molecule has 0 radical (unpaired) electrons. The smallest absolute Gasteiger partial charge is 0.274 e. The molecule has 0 aliphatic carbocycles. The Balaban J connectivity index is 1.64. The number of aromatic nitrogens is 1. The zero-order valence-corrected chi connectivity index (χ0v) is 23.7. The van der Waals surface area contributed by atoms with Crippen LogP contribution >= 0.6 is 0 Å². The van der Waals surface area contributed by atoms with Crippen LogP contribution in [-0.4, -0.2) is 59.0 Å². The van der Waals surface area contributed by atoms with Gasteiger partial charge in [-0.05, 0) is 47.7 Å². The van der Waals surface area contributed by atoms with E-state index in [1.54, 1.807) is 6.92 Å². The van der Waals surface area contributed by atoms with E-state index in [1.165, 1.54) is 6.07 Å². The first-order valence-electron chi connectivity index (χ1n) is 13.9. The van der Waals surface area contributed by atoms with Gasteiger partial charge in [0.2, 0.25) is 0 Å². The molecule has 4 aromatic rings. The summed E-state index contributed by atoms with van der Waals surface area (Å²) in [6.45, 7) is 8.26. The van der Waals surface area contributed by atoms with Gasteiger partial charge < -0.3 is 24.8 Å². The van der Waals surface area contributed by atoms with Crippen molar-refractivity contribution in [1.82, 2.24) is 15.4 Å². The van der Waals surface area contributed by atoms with E-state index in [0.29, 0.717) is 37.4 Å². The maximum Gasteiger partial charge on any atom is 0.274 e. The van der Waals surface area contributed by atoms with Crippen molar-refractivity contribution in [2.45, 2.75) is 33.2 Å². The Morgan fingerprint density at radius 1 is 1.00 bits per heavy atom. The summed E-state index contributed by atoms with van der Waals surface area (Å²) in [5.41, 5.74) is 1.96. The van der Waals surface area contributed by atoms with Crippen LogP contribution in [0.1, 0.15) is 48.3 Å². The number of amides is 1. The molecule has 0 unspecified atom stereocenters. The number of hydrogen-bond acceptors (Lipinski definition) is 7. The molecule has 0 saturated carbocycles. The lowest BCUT2D eigenvalue weighted by atomic mass is 9.93. The molecule has 1 saturated heterocycles. The molecule has 0 bridgehead atoms. The molecular formula is C32H33F2N3O5. The lowest BCUT2D eigenvalue weighted by Gasteiger charge is -2.27. The fraction of sp³-hybridized carbons (Fsp3) is 0.312. The summed E-state index contributed by atoms with van der Waals surface area (Å²) >= 11 is 0. The van der Waals surface area contributed by atoms with Crippen molar-refractivity contribution in [3.05, 3.63) is 77.0 Å². The van der Waals surface area contributed by atoms with Gasteiger partial charge in [0.15, 0.2) is 11.5 Å². The number of benzene rings is 3. The molecule has 0 atom stereocenters. The summed E-state index contributed by atoms with van der Waals surface area (Å²) in [4.78, 5) is 14.9. The molecule has 3 aromatic carbocycles. The lowest BCUT2D eigenvalue weighted by Crippen LogP contribution is -2.36. The number of hydrogen-bond donors (Lipinski definition) is 3. The first-order chi connectivity index (χ1) is 20.2. The molecular weight excluding hydrogens is 544 g/mol. The molecule has 10 heteroatoms. The third-order valence-corrected chi connectivity index (χ3v) is 7.38. The van der Waals surface area contributed by atoms with Gasteiger partial charge >= 0.3 is 0 Å². The summed E-state index contributed by atoms with van der Waals surface area (Å²) in [7, 11) is 0. The molecule has 1 aromatic heterocycles. The molecule has 1 aliphatic rings. The second-order valence-electron chi connectivity index (χ2n) is 10.6. The number of carbonyl (C=O) groups excluding carboxylic acids is 1. The Morgan fingerprint density at radius 3 is 2.36 bits per heavy atom. The second-order valence-corrected chi connectivity index (χ2v) is 10.6. The van der Waals surface area contributed by atoms with Crippen LogP contribution in [0.3, 0.4) is 0 Å². The molecule has 8 nitrogen and oxygen atoms in total. The largest absolute Gasteiger partial charge is 0.507 e. The second kappa shape index (κ2) is 12.3. The minimum Gasteiger partial charge on any atom is -0.507 e. The van der Waals surface area contributed by atoms with E-state index in [2.05, 4.69) is 24.3 Å². The van der Waals surface area contributed by atoms with Crippen LogP contribution < -0.4 is 5.32 Å². The molecule has 1 aliphatic heterocycles. The normalized spacial score (nSPS) is 14.0. The fourth-order valence-corrected chi connectivity index (χ4v) is 5.08. The topological polar surface area (TPSA) is 108 Å². The van der Waals surface area contributed by atoms with Crippen molar-refractivity contribution >= 4 is 5.91 Å². The van der Waals surface area contributed by atoms with Gasteiger partial charge in [-0.25, -0.2) is 8.78 Å². The molecule has 3 N–H and O–H groups in total. The summed E-state index contributed by atoms with van der Waals surface area (Å²) < 4.78 is 41.8. The monoisotopic (exact) mass is 577 g/mol. The maximum atomic E-state index is 15.5. The quantitative estimate of drug-likeness (QED) is 0.233. The molecule has 1 fully saturated rings. The molecule has 0 spiro atoms. The zero-order valence-electron chi connectivity index (χ0n) is 23.7. The SMILES string of the molecule is CCNC(=O)c1noc(-c2cc(-c3cccc(C(C)C)c3)c(O)cc2O)c1-c1cc(F)c(CN2CCOCC2)c(F)c1. The molecule has 5 rings (SSSR count). The summed E-state index contributed by atoms with van der Waals surface area (Å²) in [5.74, 6) is -2.55. The van der Waals surface area contributed by atoms with Gasteiger partial charge in [-0.1, -0.05) is 43.3 Å². The number of nitrogens with one attached hydrogen (secondary N) is 1. The fourth-order valence-electron chi connectivity index (χ4n) is 5.08. The van der Waals surface area contributed by atoms with E-state index >= 15 is 8.78 Å². The highest BCUT2D eigenvalue weighted by atomic mass is 19.1. The number of ether oxygens (including phenoxy) is 1. The third kappa shape index (κ3) is 5.86. The number of halogens is 2. The van der Waals surface area contributed by atoms with Crippen LogP contribution in [0, 0.1) is 11.6 Å². The van der Waals surface area contributed by atoms with Crippen molar-refractivity contribution in [3.63, 3.8) is 0 Å². The maximum absolute atomic E-state index is 15.5. The van der Waals surface area contributed by atoms with Crippen molar-refractivity contribution < 1.29 is 33.0 Å². The van der Waals surface area contributed by atoms with E-state index < -0.39 is 17.5 Å². The molecule has 2 heterocycles. The number of phenols is 2. The van der Waals surface area contributed by atoms with Crippen LogP contribution in [0.5, 0.6) is 11.5 Å². The van der Waals surface area contributed by atoms with Crippen LogP contribution in [0.15, 0.2) is 53.1 Å². The Morgan fingerprint density at radius 2 is 1.69 bits per heavy atom. The minimum atomic E-state index is -0.786. The summed E-state index contributed by atoms with van der Waals surface area (Å²) in [6.07, 6.45) is 0. The van der Waals surface area contributed by atoms with Crippen LogP contribution in [0.2, 0.25) is 0 Å². The Kier molecular flexibility index (Phi) is 8.56. The van der Waals surface area contributed by atoms with Crippen molar-refractivity contribution in [1.29, 1.82) is 0 Å². The van der Waals surface area contributed by atoms with Crippen LogP contribution in [0.4, 0.5) is 8.78 Å². The highest BCUT2D eigenvalue weighted by molar-refractivity contribution is 6.03. The van der Waals surface area contributed by atoms with Crippen molar-refractivity contribution in [3.8, 4) is 45.1 Å². The number of rotatable bonds is 8. The number of aromatic hydroxyl groups is 2. The van der Waals surface area contributed by atoms with Gasteiger partial charge in [-0.3, -0.25) is 9.69 Å². The van der Waals surface area contributed by atoms with Gasteiger partial charge in [0.1, 0.15) is 23.1 Å². The Bertz CT molecular complexity index is 1590. The average molecular weight is 578 g/mol. The van der Waals surface area contributed by atoms with E-state index in [9.17, 15) is 15.0 Å². The van der Waals surface area contributed by atoms with E-state index in [-0.39, 0.29) is 64.2 Å². The Hall–Kier alpha value is -4.28. The van der Waals surface area contributed by atoms with Crippen molar-refractivity contribution in [2.75, 3.05) is 32.8 Å². The van der Waals surface area contributed by atoms with Gasteiger partial charge in [-0.15, -0.1) is 0 Å². The predicted octanol–water partition coefficient (Wildman–Crippen LogP) is 6.07. The third-order valence-electron chi connectivity index (χ3n) is 7.38. The Labute approximate surface area is 242 Å². The van der Waals surface area contributed by atoms with Gasteiger partial charge in [-0.2, -0.15) is 0 Å². The van der Waals surface area contributed by atoms with Gasteiger partial charge in [0.05, 0.1) is 24.3 Å².